The third-order valence-corrected chi connectivity index (χ3v) is 7.62. The molecule has 0 N–H and O–H groups in total. The quantitative estimate of drug-likeness (QED) is 0.661. The van der Waals surface area contributed by atoms with Crippen molar-refractivity contribution >= 4 is 27.3 Å². The highest BCUT2D eigenvalue weighted by Crippen LogP contribution is 2.27. The summed E-state index contributed by atoms with van der Waals surface area (Å²) in [6, 6.07) is 8.93. The zero-order chi connectivity index (χ0) is 22.1. The van der Waals surface area contributed by atoms with Crippen molar-refractivity contribution < 1.29 is 22.3 Å². The molecule has 1 fully saturated rings. The van der Waals surface area contributed by atoms with Gasteiger partial charge in [0.25, 0.3) is 5.91 Å². The summed E-state index contributed by atoms with van der Waals surface area (Å²) >= 11 is 6.20. The molecular weight excluding hydrogens is 429 g/mol. The lowest BCUT2D eigenvalue weighted by Crippen LogP contribution is -2.46. The van der Waals surface area contributed by atoms with Crippen LogP contribution in [0, 0.1) is 19.7 Å². The van der Waals surface area contributed by atoms with Gasteiger partial charge in [0.15, 0.2) is 15.9 Å². The van der Waals surface area contributed by atoms with Crippen LogP contribution in [0.15, 0.2) is 36.4 Å². The number of benzene rings is 2. The normalized spacial score (nSPS) is 18.8. The van der Waals surface area contributed by atoms with E-state index in [1.165, 1.54) is 17.0 Å². The minimum absolute atomic E-state index is 0.0513. The highest BCUT2D eigenvalue weighted by molar-refractivity contribution is 7.91. The van der Waals surface area contributed by atoms with Crippen LogP contribution in [0.4, 0.5) is 4.39 Å². The lowest BCUT2D eigenvalue weighted by Gasteiger charge is -2.31. The molecule has 1 saturated heterocycles. The van der Waals surface area contributed by atoms with Crippen molar-refractivity contribution in [3.05, 3.63) is 63.9 Å². The van der Waals surface area contributed by atoms with Crippen molar-refractivity contribution in [2.75, 3.05) is 11.5 Å². The summed E-state index contributed by atoms with van der Waals surface area (Å²) in [4.78, 5) is 14.8. The van der Waals surface area contributed by atoms with Gasteiger partial charge in [-0.05, 0) is 68.1 Å². The fraction of sp³-hybridized carbons (Fsp3) is 0.409. The number of halogens is 2. The Labute approximate surface area is 181 Å². The summed E-state index contributed by atoms with van der Waals surface area (Å²) in [5.41, 5.74) is 2.41. The maximum absolute atomic E-state index is 13.3. The number of sulfone groups is 1. The SMILES string of the molecule is Cc1cc(O[C@@H](C)C(=O)N(Cc2ccc(F)cc2)[C@@H]2CCS(=O)(=O)C2)cc(C)c1Cl. The molecule has 0 radical (unpaired) electrons. The molecule has 0 unspecified atom stereocenters. The molecule has 5 nitrogen and oxygen atoms in total. The van der Waals surface area contributed by atoms with Crippen molar-refractivity contribution in [3.63, 3.8) is 0 Å². The zero-order valence-electron chi connectivity index (χ0n) is 17.2. The second kappa shape index (κ2) is 8.94. The van der Waals surface area contributed by atoms with Gasteiger partial charge >= 0.3 is 0 Å². The number of carbonyl (C=O) groups excluding carboxylic acids is 1. The molecule has 0 spiro atoms. The van der Waals surface area contributed by atoms with E-state index in [2.05, 4.69) is 0 Å². The third kappa shape index (κ3) is 5.32. The van der Waals surface area contributed by atoms with Crippen LogP contribution in [0.3, 0.4) is 0 Å². The van der Waals surface area contributed by atoms with E-state index in [4.69, 9.17) is 16.3 Å². The Morgan fingerprint density at radius 1 is 1.23 bits per heavy atom. The highest BCUT2D eigenvalue weighted by atomic mass is 35.5. The monoisotopic (exact) mass is 453 g/mol. The Bertz CT molecular complexity index is 1020. The second-order valence-corrected chi connectivity index (χ2v) is 10.4. The Morgan fingerprint density at radius 3 is 2.37 bits per heavy atom. The summed E-state index contributed by atoms with van der Waals surface area (Å²) < 4.78 is 43.1. The first-order chi connectivity index (χ1) is 14.1. The van der Waals surface area contributed by atoms with Crippen LogP contribution in [-0.4, -0.2) is 42.9 Å². The van der Waals surface area contributed by atoms with Gasteiger partial charge in [0.2, 0.25) is 0 Å². The Morgan fingerprint density at radius 2 is 1.83 bits per heavy atom. The number of hydrogen-bond acceptors (Lipinski definition) is 4. The predicted molar refractivity (Wildman–Crippen MR) is 115 cm³/mol. The molecule has 0 saturated carbocycles. The number of nitrogens with zero attached hydrogens (tertiary/aromatic N) is 1. The van der Waals surface area contributed by atoms with E-state index in [0.29, 0.717) is 17.2 Å². The maximum atomic E-state index is 13.3. The first kappa shape index (κ1) is 22.6. The van der Waals surface area contributed by atoms with Gasteiger partial charge in [-0.2, -0.15) is 0 Å². The smallest absolute Gasteiger partial charge is 0.263 e. The summed E-state index contributed by atoms with van der Waals surface area (Å²) in [7, 11) is -3.18. The highest BCUT2D eigenvalue weighted by Gasteiger charge is 2.36. The Balaban J connectivity index is 1.82. The van der Waals surface area contributed by atoms with Crippen LogP contribution in [-0.2, 0) is 21.2 Å². The molecular formula is C22H25ClFNO4S. The molecule has 2 atom stereocenters. The van der Waals surface area contributed by atoms with Gasteiger partial charge in [-0.1, -0.05) is 23.7 Å². The molecule has 2 aromatic rings. The third-order valence-electron chi connectivity index (χ3n) is 5.27. The van der Waals surface area contributed by atoms with Crippen LogP contribution >= 0.6 is 11.6 Å². The molecule has 1 heterocycles. The summed E-state index contributed by atoms with van der Waals surface area (Å²) in [5, 5.41) is 0.649. The van der Waals surface area contributed by atoms with E-state index in [1.807, 2.05) is 13.8 Å². The molecule has 3 rings (SSSR count). The van der Waals surface area contributed by atoms with E-state index >= 15 is 0 Å². The van der Waals surface area contributed by atoms with Gasteiger partial charge in [-0.3, -0.25) is 4.79 Å². The average molecular weight is 454 g/mol. The van der Waals surface area contributed by atoms with Crippen LogP contribution in [0.1, 0.15) is 30.0 Å². The number of amides is 1. The largest absolute Gasteiger partial charge is 0.481 e. The number of carbonyl (C=O) groups is 1. The summed E-state index contributed by atoms with van der Waals surface area (Å²) in [5.74, 6) is -0.186. The van der Waals surface area contributed by atoms with Crippen molar-refractivity contribution in [1.29, 1.82) is 0 Å². The lowest BCUT2D eigenvalue weighted by atomic mass is 10.1. The molecule has 1 aliphatic rings. The van der Waals surface area contributed by atoms with E-state index in [1.54, 1.807) is 31.2 Å². The standard InChI is InChI=1S/C22H25ClFNO4S/c1-14-10-20(11-15(2)21(14)23)29-16(3)22(26)25(19-8-9-30(27,28)13-19)12-17-4-6-18(24)7-5-17/h4-7,10-11,16,19H,8-9,12-13H2,1-3H3/t16-,19+/m0/s1. The van der Waals surface area contributed by atoms with E-state index in [9.17, 15) is 17.6 Å². The van der Waals surface area contributed by atoms with Gasteiger partial charge in [0.1, 0.15) is 11.6 Å². The first-order valence-electron chi connectivity index (χ1n) is 9.74. The second-order valence-electron chi connectivity index (χ2n) is 7.78. The van der Waals surface area contributed by atoms with Gasteiger partial charge in [0.05, 0.1) is 11.5 Å². The van der Waals surface area contributed by atoms with E-state index in [0.717, 1.165) is 16.7 Å². The maximum Gasteiger partial charge on any atom is 0.263 e. The molecule has 0 aliphatic carbocycles. The Kier molecular flexibility index (Phi) is 6.72. The number of ether oxygens (including phenoxy) is 1. The van der Waals surface area contributed by atoms with Crippen LogP contribution in [0.25, 0.3) is 0 Å². The average Bonchev–Trinajstić information content (AvgIpc) is 3.04. The van der Waals surface area contributed by atoms with Crippen LogP contribution < -0.4 is 4.74 Å². The molecule has 0 bridgehead atoms. The van der Waals surface area contributed by atoms with E-state index < -0.39 is 22.0 Å². The van der Waals surface area contributed by atoms with Crippen molar-refractivity contribution in [3.8, 4) is 5.75 Å². The molecule has 162 valence electrons. The minimum atomic E-state index is -3.18. The first-order valence-corrected chi connectivity index (χ1v) is 11.9. The van der Waals surface area contributed by atoms with Gasteiger partial charge in [-0.25, -0.2) is 12.8 Å². The number of hydrogen-bond donors (Lipinski definition) is 0. The molecule has 30 heavy (non-hydrogen) atoms. The molecule has 0 aromatic heterocycles. The summed E-state index contributed by atoms with van der Waals surface area (Å²) in [6.45, 7) is 5.55. The van der Waals surface area contributed by atoms with Gasteiger partial charge < -0.3 is 9.64 Å². The number of aryl methyl sites for hydroxylation is 2. The van der Waals surface area contributed by atoms with Crippen LogP contribution in [0.5, 0.6) is 5.75 Å². The molecule has 1 amide bonds. The summed E-state index contributed by atoms with van der Waals surface area (Å²) in [6.07, 6.45) is -0.449. The van der Waals surface area contributed by atoms with Gasteiger partial charge in [0, 0.05) is 17.6 Å². The molecule has 8 heteroatoms. The van der Waals surface area contributed by atoms with Crippen LogP contribution in [0.2, 0.25) is 5.02 Å². The minimum Gasteiger partial charge on any atom is -0.481 e. The van der Waals surface area contributed by atoms with Crippen molar-refractivity contribution in [1.82, 2.24) is 4.90 Å². The van der Waals surface area contributed by atoms with Crippen molar-refractivity contribution in [2.45, 2.75) is 45.9 Å². The lowest BCUT2D eigenvalue weighted by molar-refractivity contribution is -0.140. The fourth-order valence-corrected chi connectivity index (χ4v) is 5.50. The number of rotatable bonds is 6. The Hall–Kier alpha value is -2.12. The zero-order valence-corrected chi connectivity index (χ0v) is 18.8. The molecule has 2 aromatic carbocycles. The van der Waals surface area contributed by atoms with Crippen molar-refractivity contribution in [2.24, 2.45) is 0 Å². The fourth-order valence-electron chi connectivity index (χ4n) is 3.66. The topological polar surface area (TPSA) is 63.7 Å². The van der Waals surface area contributed by atoms with Gasteiger partial charge in [-0.15, -0.1) is 0 Å². The van der Waals surface area contributed by atoms with E-state index in [-0.39, 0.29) is 29.8 Å². The molecule has 1 aliphatic heterocycles. The predicted octanol–water partition coefficient (Wildman–Crippen LogP) is 4.08.